The molecule has 9 heteroatoms. The number of carbonyl (C=O) groups is 1. The molecule has 0 unspecified atom stereocenters. The smallest absolute Gasteiger partial charge is 0.338 e. The summed E-state index contributed by atoms with van der Waals surface area (Å²) in [5, 5.41) is 8.82. The van der Waals surface area contributed by atoms with E-state index in [9.17, 15) is 22.0 Å². The van der Waals surface area contributed by atoms with Crippen molar-refractivity contribution in [1.29, 1.82) is 0 Å². The third-order valence-corrected chi connectivity index (χ3v) is 4.29. The highest BCUT2D eigenvalue weighted by Gasteiger charge is 2.23. The van der Waals surface area contributed by atoms with Crippen LogP contribution in [0.2, 0.25) is 0 Å². The minimum atomic E-state index is -4.26. The lowest BCUT2D eigenvalue weighted by Gasteiger charge is -2.12. The van der Waals surface area contributed by atoms with Crippen molar-refractivity contribution in [2.45, 2.75) is 4.90 Å². The number of sulfonamides is 1. The highest BCUT2D eigenvalue weighted by atomic mass is 32.2. The average Bonchev–Trinajstić information content (AvgIpc) is 2.49. The van der Waals surface area contributed by atoms with Crippen LogP contribution in [0.25, 0.3) is 0 Å². The van der Waals surface area contributed by atoms with Crippen LogP contribution in [0.5, 0.6) is 5.75 Å². The van der Waals surface area contributed by atoms with E-state index in [0.29, 0.717) is 12.1 Å². The van der Waals surface area contributed by atoms with Gasteiger partial charge in [-0.15, -0.1) is 0 Å². The Balaban J connectivity index is 2.49. The monoisotopic (exact) mass is 343 g/mol. The number of methoxy groups -OCH3 is 1. The molecule has 2 aromatic carbocycles. The maximum absolute atomic E-state index is 13.7. The van der Waals surface area contributed by atoms with Crippen molar-refractivity contribution < 1.29 is 31.8 Å². The van der Waals surface area contributed by atoms with E-state index in [1.54, 1.807) is 6.07 Å². The molecule has 2 N–H and O–H groups in total. The molecule has 0 saturated heterocycles. The van der Waals surface area contributed by atoms with Crippen LogP contribution in [0.15, 0.2) is 41.3 Å². The highest BCUT2D eigenvalue weighted by molar-refractivity contribution is 7.92. The number of aromatic carboxylic acids is 1. The Morgan fingerprint density at radius 1 is 1.17 bits per heavy atom. The number of hydrogen-bond donors (Lipinski definition) is 2. The summed E-state index contributed by atoms with van der Waals surface area (Å²) in [5.74, 6) is -4.19. The van der Waals surface area contributed by atoms with Crippen LogP contribution in [-0.2, 0) is 10.0 Å². The predicted molar refractivity (Wildman–Crippen MR) is 77.1 cm³/mol. The lowest BCUT2D eigenvalue weighted by molar-refractivity contribution is 0.0692. The van der Waals surface area contributed by atoms with E-state index in [4.69, 9.17) is 9.84 Å². The summed E-state index contributed by atoms with van der Waals surface area (Å²) in [6.45, 7) is 0. The first-order valence-electron chi connectivity index (χ1n) is 6.14. The van der Waals surface area contributed by atoms with Gasteiger partial charge in [-0.1, -0.05) is 12.1 Å². The van der Waals surface area contributed by atoms with Gasteiger partial charge in [-0.3, -0.25) is 4.72 Å². The minimum Gasteiger partial charge on any atom is -0.495 e. The van der Waals surface area contributed by atoms with Crippen LogP contribution in [0.3, 0.4) is 0 Å². The second kappa shape index (κ2) is 6.21. The number of halogens is 2. The van der Waals surface area contributed by atoms with Gasteiger partial charge in [0.15, 0.2) is 0 Å². The van der Waals surface area contributed by atoms with Crippen LogP contribution in [0.4, 0.5) is 14.5 Å². The Labute approximate surface area is 130 Å². The van der Waals surface area contributed by atoms with Crippen molar-refractivity contribution in [3.63, 3.8) is 0 Å². The van der Waals surface area contributed by atoms with Gasteiger partial charge < -0.3 is 9.84 Å². The fraction of sp³-hybridized carbons (Fsp3) is 0.0714. The Bertz CT molecular complexity index is 867. The molecule has 0 fully saturated rings. The van der Waals surface area contributed by atoms with E-state index in [1.165, 1.54) is 25.3 Å². The van der Waals surface area contributed by atoms with Crippen LogP contribution in [0, 0.1) is 11.6 Å². The van der Waals surface area contributed by atoms with Crippen molar-refractivity contribution in [3.8, 4) is 5.75 Å². The molecule has 6 nitrogen and oxygen atoms in total. The number of rotatable bonds is 5. The lowest BCUT2D eigenvalue weighted by Crippen LogP contribution is -2.16. The highest BCUT2D eigenvalue weighted by Crippen LogP contribution is 2.27. The number of nitrogens with one attached hydrogen (secondary N) is 1. The molecular formula is C14H11F2NO5S. The number of ether oxygens (including phenoxy) is 1. The minimum absolute atomic E-state index is 0.0148. The van der Waals surface area contributed by atoms with Crippen LogP contribution in [0.1, 0.15) is 10.4 Å². The standard InChI is InChI=1S/C14H11F2NO5S/c1-22-12-4-2-3-5-13(12)23(20,21)17-11-6-8(14(18)19)9(15)7-10(11)16/h2-7,17H,1H3,(H,18,19). The maximum atomic E-state index is 13.7. The Hall–Kier alpha value is -2.68. The van der Waals surface area contributed by atoms with Gasteiger partial charge >= 0.3 is 5.97 Å². The van der Waals surface area contributed by atoms with Crippen molar-refractivity contribution in [3.05, 3.63) is 53.6 Å². The lowest BCUT2D eigenvalue weighted by atomic mass is 10.2. The summed E-state index contributed by atoms with van der Waals surface area (Å²) < 4.78 is 58.5. The molecule has 2 rings (SSSR count). The second-order valence-corrected chi connectivity index (χ2v) is 6.02. The zero-order valence-electron chi connectivity index (χ0n) is 11.7. The van der Waals surface area contributed by atoms with Gasteiger partial charge in [-0.05, 0) is 18.2 Å². The van der Waals surface area contributed by atoms with Crippen LogP contribution < -0.4 is 9.46 Å². The molecule has 0 radical (unpaired) electrons. The van der Waals surface area contributed by atoms with Gasteiger partial charge in [0.2, 0.25) is 0 Å². The molecular weight excluding hydrogens is 332 g/mol. The van der Waals surface area contributed by atoms with Gasteiger partial charge in [0.05, 0.1) is 18.4 Å². The summed E-state index contributed by atoms with van der Waals surface area (Å²) in [6, 6.07) is 6.45. The number of anilines is 1. The predicted octanol–water partition coefficient (Wildman–Crippen LogP) is 2.47. The number of carboxylic acid groups (broad SMARTS) is 1. The van der Waals surface area contributed by atoms with E-state index >= 15 is 0 Å². The average molecular weight is 343 g/mol. The quantitative estimate of drug-likeness (QED) is 0.870. The molecule has 0 amide bonds. The van der Waals surface area contributed by atoms with E-state index in [1.807, 2.05) is 4.72 Å². The summed E-state index contributed by atoms with van der Waals surface area (Å²) >= 11 is 0. The van der Waals surface area contributed by atoms with Gasteiger partial charge in [0, 0.05) is 6.07 Å². The number of carboxylic acids is 1. The van der Waals surface area contributed by atoms with E-state index in [0.717, 1.165) is 0 Å². The zero-order chi connectivity index (χ0) is 17.2. The van der Waals surface area contributed by atoms with E-state index in [-0.39, 0.29) is 10.6 Å². The van der Waals surface area contributed by atoms with E-state index in [2.05, 4.69) is 0 Å². The maximum Gasteiger partial charge on any atom is 0.338 e. The Kier molecular flexibility index (Phi) is 4.50. The number of hydrogen-bond acceptors (Lipinski definition) is 4. The third kappa shape index (κ3) is 3.39. The second-order valence-electron chi connectivity index (χ2n) is 4.37. The number of benzene rings is 2. The molecule has 0 atom stereocenters. The summed E-state index contributed by atoms with van der Waals surface area (Å²) in [5.41, 5.74) is -1.54. The molecule has 0 bridgehead atoms. The molecule has 122 valence electrons. The first-order chi connectivity index (χ1) is 10.8. The SMILES string of the molecule is COc1ccccc1S(=O)(=O)Nc1cc(C(=O)O)c(F)cc1F. The largest absolute Gasteiger partial charge is 0.495 e. The number of para-hydroxylation sites is 1. The van der Waals surface area contributed by atoms with Crippen LogP contribution in [-0.4, -0.2) is 26.6 Å². The fourth-order valence-corrected chi connectivity index (χ4v) is 3.06. The van der Waals surface area contributed by atoms with Crippen molar-refractivity contribution in [2.75, 3.05) is 11.8 Å². The molecule has 2 aromatic rings. The summed E-state index contributed by atoms with van der Waals surface area (Å²) in [6.07, 6.45) is 0. The Morgan fingerprint density at radius 2 is 1.83 bits per heavy atom. The molecule has 0 saturated carbocycles. The van der Waals surface area contributed by atoms with Gasteiger partial charge in [-0.2, -0.15) is 0 Å². The topological polar surface area (TPSA) is 92.7 Å². The molecule has 0 aliphatic heterocycles. The summed E-state index contributed by atoms with van der Waals surface area (Å²) in [7, 11) is -3.00. The molecule has 0 aromatic heterocycles. The van der Waals surface area contributed by atoms with E-state index < -0.39 is 38.9 Å². The Morgan fingerprint density at radius 3 is 2.43 bits per heavy atom. The first-order valence-corrected chi connectivity index (χ1v) is 7.62. The van der Waals surface area contributed by atoms with Gasteiger partial charge in [0.25, 0.3) is 10.0 Å². The van der Waals surface area contributed by atoms with Crippen molar-refractivity contribution >= 4 is 21.7 Å². The van der Waals surface area contributed by atoms with Crippen molar-refractivity contribution in [1.82, 2.24) is 0 Å². The van der Waals surface area contributed by atoms with Crippen LogP contribution >= 0.6 is 0 Å². The van der Waals surface area contributed by atoms with Gasteiger partial charge in [0.1, 0.15) is 22.3 Å². The van der Waals surface area contributed by atoms with Gasteiger partial charge in [-0.25, -0.2) is 22.0 Å². The normalized spacial score (nSPS) is 11.1. The zero-order valence-corrected chi connectivity index (χ0v) is 12.5. The molecule has 23 heavy (non-hydrogen) atoms. The third-order valence-electron chi connectivity index (χ3n) is 2.89. The molecule has 0 aliphatic carbocycles. The summed E-state index contributed by atoms with van der Waals surface area (Å²) in [4.78, 5) is 10.6. The molecule has 0 aliphatic rings. The first kappa shape index (κ1) is 16.7. The molecule has 0 heterocycles. The van der Waals surface area contributed by atoms with Crippen molar-refractivity contribution in [2.24, 2.45) is 0 Å². The molecule has 0 spiro atoms. The fourth-order valence-electron chi connectivity index (χ4n) is 1.83.